The summed E-state index contributed by atoms with van der Waals surface area (Å²) in [5, 5.41) is 1.22. The SMILES string of the molecule is Cc1ccc(-c2cc(C(=O)OCC(C)C)c3cccc(Cl)c3n2)cc1. The number of aromatic nitrogens is 1. The lowest BCUT2D eigenvalue weighted by Crippen LogP contribution is -2.11. The van der Waals surface area contributed by atoms with Crippen LogP contribution < -0.4 is 0 Å². The molecule has 0 saturated heterocycles. The lowest BCUT2D eigenvalue weighted by Gasteiger charge is -2.12. The standard InChI is InChI=1S/C21H20ClNO2/c1-13(2)12-25-21(24)17-11-19(15-9-7-14(3)8-10-15)23-20-16(17)5-4-6-18(20)22/h4-11,13H,12H2,1-3H3. The molecule has 2 aromatic carbocycles. The Morgan fingerprint density at radius 2 is 1.88 bits per heavy atom. The van der Waals surface area contributed by atoms with E-state index in [1.165, 1.54) is 5.56 Å². The quantitative estimate of drug-likeness (QED) is 0.567. The van der Waals surface area contributed by atoms with Gasteiger partial charge in [-0.2, -0.15) is 0 Å². The maximum absolute atomic E-state index is 12.6. The van der Waals surface area contributed by atoms with Crippen LogP contribution in [0.1, 0.15) is 29.8 Å². The van der Waals surface area contributed by atoms with Gasteiger partial charge in [0.2, 0.25) is 0 Å². The number of halogens is 1. The highest BCUT2D eigenvalue weighted by atomic mass is 35.5. The van der Waals surface area contributed by atoms with Crippen molar-refractivity contribution in [1.29, 1.82) is 0 Å². The number of carbonyl (C=O) groups is 1. The fraction of sp³-hybridized carbons (Fsp3) is 0.238. The van der Waals surface area contributed by atoms with E-state index in [9.17, 15) is 4.79 Å². The van der Waals surface area contributed by atoms with Crippen LogP contribution in [-0.4, -0.2) is 17.6 Å². The number of benzene rings is 2. The highest BCUT2D eigenvalue weighted by Gasteiger charge is 2.17. The first-order chi connectivity index (χ1) is 12.0. The number of esters is 1. The molecule has 4 heteroatoms. The molecule has 0 aliphatic carbocycles. The average molecular weight is 354 g/mol. The maximum Gasteiger partial charge on any atom is 0.338 e. The molecule has 0 unspecified atom stereocenters. The number of ether oxygens (including phenoxy) is 1. The minimum Gasteiger partial charge on any atom is -0.462 e. The number of hydrogen-bond donors (Lipinski definition) is 0. The van der Waals surface area contributed by atoms with Gasteiger partial charge in [0.15, 0.2) is 0 Å². The average Bonchev–Trinajstić information content (AvgIpc) is 2.60. The van der Waals surface area contributed by atoms with E-state index in [0.717, 1.165) is 5.56 Å². The molecule has 3 aromatic rings. The van der Waals surface area contributed by atoms with Crippen molar-refractivity contribution in [2.45, 2.75) is 20.8 Å². The lowest BCUT2D eigenvalue weighted by atomic mass is 10.0. The Balaban J connectivity index is 2.15. The van der Waals surface area contributed by atoms with Crippen LogP contribution in [-0.2, 0) is 4.74 Å². The fourth-order valence-electron chi connectivity index (χ4n) is 2.57. The van der Waals surface area contributed by atoms with Gasteiger partial charge in [-0.25, -0.2) is 9.78 Å². The third-order valence-electron chi connectivity index (χ3n) is 3.91. The van der Waals surface area contributed by atoms with Gasteiger partial charge in [0.25, 0.3) is 0 Å². The van der Waals surface area contributed by atoms with Crippen LogP contribution in [0.3, 0.4) is 0 Å². The summed E-state index contributed by atoms with van der Waals surface area (Å²) in [6, 6.07) is 15.2. The molecular formula is C21H20ClNO2. The van der Waals surface area contributed by atoms with Gasteiger partial charge in [-0.1, -0.05) is 67.4 Å². The smallest absolute Gasteiger partial charge is 0.338 e. The van der Waals surface area contributed by atoms with E-state index in [2.05, 4.69) is 4.98 Å². The number of carbonyl (C=O) groups excluding carboxylic acids is 1. The van der Waals surface area contributed by atoms with Crippen molar-refractivity contribution in [2.24, 2.45) is 5.92 Å². The fourth-order valence-corrected chi connectivity index (χ4v) is 2.79. The largest absolute Gasteiger partial charge is 0.462 e. The number of rotatable bonds is 4. The Morgan fingerprint density at radius 3 is 2.56 bits per heavy atom. The summed E-state index contributed by atoms with van der Waals surface area (Å²) < 4.78 is 5.44. The predicted octanol–water partition coefficient (Wildman–Crippen LogP) is 5.68. The van der Waals surface area contributed by atoms with Crippen LogP contribution in [0.25, 0.3) is 22.2 Å². The van der Waals surface area contributed by atoms with Gasteiger partial charge in [0.1, 0.15) is 0 Å². The van der Waals surface area contributed by atoms with E-state index in [0.29, 0.717) is 33.8 Å². The first-order valence-corrected chi connectivity index (χ1v) is 8.67. The lowest BCUT2D eigenvalue weighted by molar-refractivity contribution is 0.0461. The molecule has 0 spiro atoms. The van der Waals surface area contributed by atoms with Gasteiger partial charge in [0.05, 0.1) is 28.4 Å². The van der Waals surface area contributed by atoms with E-state index in [4.69, 9.17) is 16.3 Å². The zero-order chi connectivity index (χ0) is 18.0. The highest BCUT2D eigenvalue weighted by Crippen LogP contribution is 2.29. The monoisotopic (exact) mass is 353 g/mol. The first-order valence-electron chi connectivity index (χ1n) is 8.29. The molecular weight excluding hydrogens is 334 g/mol. The van der Waals surface area contributed by atoms with Crippen molar-refractivity contribution in [3.05, 3.63) is 64.7 Å². The van der Waals surface area contributed by atoms with Gasteiger partial charge in [-0.05, 0) is 25.0 Å². The van der Waals surface area contributed by atoms with Crippen LogP contribution in [0.5, 0.6) is 0 Å². The summed E-state index contributed by atoms with van der Waals surface area (Å²) in [5.41, 5.74) is 3.91. The van der Waals surface area contributed by atoms with Crippen LogP contribution in [0, 0.1) is 12.8 Å². The number of pyridine rings is 1. The van der Waals surface area contributed by atoms with Crippen LogP contribution in [0.4, 0.5) is 0 Å². The number of aryl methyl sites for hydroxylation is 1. The molecule has 0 aliphatic heterocycles. The molecule has 0 N–H and O–H groups in total. The van der Waals surface area contributed by atoms with Crippen molar-refractivity contribution in [1.82, 2.24) is 4.98 Å². The molecule has 128 valence electrons. The molecule has 0 aliphatic rings. The second-order valence-corrected chi connectivity index (χ2v) is 6.96. The van der Waals surface area contributed by atoms with Crippen LogP contribution >= 0.6 is 11.6 Å². The van der Waals surface area contributed by atoms with Crippen LogP contribution in [0.15, 0.2) is 48.5 Å². The zero-order valence-electron chi connectivity index (χ0n) is 14.5. The molecule has 1 aromatic heterocycles. The summed E-state index contributed by atoms with van der Waals surface area (Å²) in [5.74, 6) is -0.0751. The Labute approximate surface area is 152 Å². The summed E-state index contributed by atoms with van der Waals surface area (Å²) in [7, 11) is 0. The van der Waals surface area contributed by atoms with Gasteiger partial charge < -0.3 is 4.74 Å². The third-order valence-corrected chi connectivity index (χ3v) is 4.21. The number of nitrogens with zero attached hydrogens (tertiary/aromatic N) is 1. The van der Waals surface area contributed by atoms with Gasteiger partial charge in [-0.15, -0.1) is 0 Å². The van der Waals surface area contributed by atoms with Crippen molar-refractivity contribution in [3.63, 3.8) is 0 Å². The number of fused-ring (bicyclic) bond motifs is 1. The van der Waals surface area contributed by atoms with E-state index in [1.807, 2.05) is 57.2 Å². The Hall–Kier alpha value is -2.39. The topological polar surface area (TPSA) is 39.2 Å². The van der Waals surface area contributed by atoms with Crippen molar-refractivity contribution in [2.75, 3.05) is 6.61 Å². The van der Waals surface area contributed by atoms with Gasteiger partial charge in [0, 0.05) is 10.9 Å². The highest BCUT2D eigenvalue weighted by molar-refractivity contribution is 6.35. The molecule has 0 radical (unpaired) electrons. The van der Waals surface area contributed by atoms with E-state index in [1.54, 1.807) is 12.1 Å². The Bertz CT molecular complexity index is 917. The summed E-state index contributed by atoms with van der Waals surface area (Å²) in [6.07, 6.45) is 0. The summed E-state index contributed by atoms with van der Waals surface area (Å²) >= 11 is 6.33. The Kier molecular flexibility index (Phi) is 5.05. The molecule has 25 heavy (non-hydrogen) atoms. The number of hydrogen-bond acceptors (Lipinski definition) is 3. The molecule has 3 rings (SSSR count). The predicted molar refractivity (Wildman–Crippen MR) is 102 cm³/mol. The molecule has 0 atom stereocenters. The van der Waals surface area contributed by atoms with E-state index < -0.39 is 0 Å². The molecule has 3 nitrogen and oxygen atoms in total. The number of para-hydroxylation sites is 1. The van der Waals surface area contributed by atoms with Gasteiger partial charge >= 0.3 is 5.97 Å². The second kappa shape index (κ2) is 7.24. The summed E-state index contributed by atoms with van der Waals surface area (Å²) in [4.78, 5) is 17.3. The molecule has 0 bridgehead atoms. The van der Waals surface area contributed by atoms with E-state index in [-0.39, 0.29) is 11.9 Å². The zero-order valence-corrected chi connectivity index (χ0v) is 15.3. The first kappa shape index (κ1) is 17.4. The normalized spacial score (nSPS) is 11.1. The maximum atomic E-state index is 12.6. The van der Waals surface area contributed by atoms with Gasteiger partial charge in [-0.3, -0.25) is 0 Å². The minimum absolute atomic E-state index is 0.275. The van der Waals surface area contributed by atoms with Crippen molar-refractivity contribution in [3.8, 4) is 11.3 Å². The van der Waals surface area contributed by atoms with Crippen LogP contribution in [0.2, 0.25) is 5.02 Å². The molecule has 1 heterocycles. The Morgan fingerprint density at radius 1 is 1.16 bits per heavy atom. The van der Waals surface area contributed by atoms with E-state index >= 15 is 0 Å². The van der Waals surface area contributed by atoms with Crippen molar-refractivity contribution < 1.29 is 9.53 Å². The molecule has 0 amide bonds. The third kappa shape index (κ3) is 3.83. The minimum atomic E-state index is -0.350. The molecule has 0 fully saturated rings. The summed E-state index contributed by atoms with van der Waals surface area (Å²) in [6.45, 7) is 6.42. The molecule has 0 saturated carbocycles. The second-order valence-electron chi connectivity index (χ2n) is 6.55. The van der Waals surface area contributed by atoms with Crippen molar-refractivity contribution >= 4 is 28.5 Å².